The van der Waals surface area contributed by atoms with Crippen LogP contribution in [0.1, 0.15) is 29.1 Å². The maximum absolute atomic E-state index is 12.2. The Morgan fingerprint density at radius 2 is 2.03 bits per heavy atom. The number of aromatic nitrogens is 2. The third-order valence-electron chi connectivity index (χ3n) is 4.69. The van der Waals surface area contributed by atoms with E-state index in [0.29, 0.717) is 32.5 Å². The second-order valence-electron chi connectivity index (χ2n) is 7.71. The summed E-state index contributed by atoms with van der Waals surface area (Å²) < 4.78 is 10.0. The summed E-state index contributed by atoms with van der Waals surface area (Å²) in [6.45, 7) is 4.77. The molecule has 1 amide bonds. The van der Waals surface area contributed by atoms with Crippen LogP contribution in [0.4, 0.5) is 5.13 Å². The Bertz CT molecular complexity index is 906. The molecule has 0 aliphatic carbocycles. The first-order chi connectivity index (χ1) is 14.5. The molecule has 3 rings (SSSR count). The van der Waals surface area contributed by atoms with Gasteiger partial charge in [-0.15, -0.1) is 0 Å². The van der Waals surface area contributed by atoms with Gasteiger partial charge in [-0.25, -0.2) is 4.98 Å². The number of rotatable bonds is 11. The summed E-state index contributed by atoms with van der Waals surface area (Å²) in [7, 11) is 4.14. The number of quaternary nitrogens is 1. The number of nitrogens with one attached hydrogen (secondary N) is 2. The molecular weight excluding hydrogens is 398 g/mol. The van der Waals surface area contributed by atoms with Crippen molar-refractivity contribution >= 4 is 22.6 Å². The standard InChI is InChI=1S/C22H29N5O2S/c1-17-6-8-18(9-7-17)15-20-24-22(30-25-20)27(16-19-5-4-14-29-19)12-10-21(28)23-11-13-26(2)3/h4-9,14H,10-13,15-16H2,1-3H3,(H,23,28)/p+1. The highest BCUT2D eigenvalue weighted by atomic mass is 32.1. The average molecular weight is 429 g/mol. The average Bonchev–Trinajstić information content (AvgIpc) is 3.39. The summed E-state index contributed by atoms with van der Waals surface area (Å²) in [5.74, 6) is 1.67. The van der Waals surface area contributed by atoms with E-state index in [1.54, 1.807) is 6.26 Å². The molecular formula is C22H30N5O2S+. The van der Waals surface area contributed by atoms with Gasteiger partial charge in [0, 0.05) is 30.9 Å². The minimum atomic E-state index is 0.0464. The number of hydrogen-bond acceptors (Lipinski definition) is 6. The van der Waals surface area contributed by atoms with Gasteiger partial charge < -0.3 is 19.5 Å². The first kappa shape index (κ1) is 22.0. The second kappa shape index (κ2) is 10.9. The Morgan fingerprint density at radius 1 is 1.23 bits per heavy atom. The molecule has 2 aromatic heterocycles. The summed E-state index contributed by atoms with van der Waals surface area (Å²) in [4.78, 5) is 20.3. The van der Waals surface area contributed by atoms with Gasteiger partial charge in [0.15, 0.2) is 0 Å². The van der Waals surface area contributed by atoms with Crippen LogP contribution >= 0.6 is 11.5 Å². The van der Waals surface area contributed by atoms with E-state index in [0.717, 1.165) is 23.3 Å². The van der Waals surface area contributed by atoms with Gasteiger partial charge >= 0.3 is 0 Å². The number of nitrogens with zero attached hydrogens (tertiary/aromatic N) is 3. The maximum atomic E-state index is 12.2. The van der Waals surface area contributed by atoms with Crippen molar-refractivity contribution in [3.8, 4) is 0 Å². The molecule has 2 N–H and O–H groups in total. The highest BCUT2D eigenvalue weighted by Gasteiger charge is 2.16. The third kappa shape index (κ3) is 6.96. The maximum Gasteiger partial charge on any atom is 0.221 e. The van der Waals surface area contributed by atoms with Gasteiger partial charge in [-0.1, -0.05) is 29.8 Å². The highest BCUT2D eigenvalue weighted by molar-refractivity contribution is 7.09. The van der Waals surface area contributed by atoms with E-state index in [1.165, 1.54) is 27.6 Å². The molecule has 0 aliphatic heterocycles. The molecule has 0 fully saturated rings. The number of carbonyl (C=O) groups is 1. The van der Waals surface area contributed by atoms with Gasteiger partial charge in [0.1, 0.15) is 11.6 Å². The van der Waals surface area contributed by atoms with Crippen molar-refractivity contribution in [2.45, 2.75) is 26.3 Å². The smallest absolute Gasteiger partial charge is 0.221 e. The summed E-state index contributed by atoms with van der Waals surface area (Å²) in [6, 6.07) is 12.2. The number of likely N-dealkylation sites (N-methyl/N-ethyl adjacent to an activating group) is 1. The van der Waals surface area contributed by atoms with E-state index >= 15 is 0 Å². The molecule has 0 spiro atoms. The predicted molar refractivity (Wildman–Crippen MR) is 119 cm³/mol. The van der Waals surface area contributed by atoms with E-state index < -0.39 is 0 Å². The molecule has 0 saturated heterocycles. The Labute approximate surface area is 181 Å². The number of aryl methyl sites for hydroxylation is 1. The quantitative estimate of drug-likeness (QED) is 0.486. The normalized spacial score (nSPS) is 11.1. The van der Waals surface area contributed by atoms with Crippen LogP contribution in [0.5, 0.6) is 0 Å². The Morgan fingerprint density at radius 3 is 2.73 bits per heavy atom. The topological polar surface area (TPSA) is 75.7 Å². The first-order valence-corrected chi connectivity index (χ1v) is 11.0. The Hall–Kier alpha value is -2.71. The molecule has 30 heavy (non-hydrogen) atoms. The zero-order valence-electron chi connectivity index (χ0n) is 17.9. The number of benzene rings is 1. The summed E-state index contributed by atoms with van der Waals surface area (Å²) in [6.07, 6.45) is 2.75. The number of furan rings is 1. The summed E-state index contributed by atoms with van der Waals surface area (Å²) >= 11 is 1.36. The van der Waals surface area contributed by atoms with E-state index in [2.05, 4.69) is 59.9 Å². The van der Waals surface area contributed by atoms with Crippen molar-refractivity contribution in [3.05, 3.63) is 65.4 Å². The van der Waals surface area contributed by atoms with Crippen LogP contribution in [-0.4, -0.2) is 49.0 Å². The van der Waals surface area contributed by atoms with Gasteiger partial charge in [0.05, 0.1) is 40.0 Å². The SMILES string of the molecule is Cc1ccc(Cc2nsc(N(CCC(=O)NCC[NH+](C)C)Cc3ccco3)n2)cc1. The van der Waals surface area contributed by atoms with Crippen molar-refractivity contribution in [3.63, 3.8) is 0 Å². The Balaban J connectivity index is 1.62. The van der Waals surface area contributed by atoms with Gasteiger partial charge in [0.25, 0.3) is 0 Å². The first-order valence-electron chi connectivity index (χ1n) is 10.2. The van der Waals surface area contributed by atoms with Crippen LogP contribution in [0.25, 0.3) is 0 Å². The van der Waals surface area contributed by atoms with E-state index in [4.69, 9.17) is 9.40 Å². The minimum absolute atomic E-state index is 0.0464. The van der Waals surface area contributed by atoms with E-state index in [-0.39, 0.29) is 5.91 Å². The number of amides is 1. The molecule has 0 radical (unpaired) electrons. The Kier molecular flexibility index (Phi) is 7.98. The fourth-order valence-corrected chi connectivity index (χ4v) is 3.65. The monoisotopic (exact) mass is 428 g/mol. The number of anilines is 1. The van der Waals surface area contributed by atoms with Crippen molar-refractivity contribution < 1.29 is 14.1 Å². The fourth-order valence-electron chi connectivity index (χ4n) is 2.94. The largest absolute Gasteiger partial charge is 0.467 e. The van der Waals surface area contributed by atoms with Gasteiger partial charge in [-0.3, -0.25) is 4.79 Å². The molecule has 1 aromatic carbocycles. The summed E-state index contributed by atoms with van der Waals surface area (Å²) in [5.41, 5.74) is 2.42. The lowest BCUT2D eigenvalue weighted by atomic mass is 10.1. The lowest BCUT2D eigenvalue weighted by Crippen LogP contribution is -3.06. The van der Waals surface area contributed by atoms with Gasteiger partial charge in [-0.2, -0.15) is 4.37 Å². The van der Waals surface area contributed by atoms with E-state index in [9.17, 15) is 4.79 Å². The zero-order chi connectivity index (χ0) is 21.3. The molecule has 0 saturated carbocycles. The number of carbonyl (C=O) groups excluding carboxylic acids is 1. The predicted octanol–water partition coefficient (Wildman–Crippen LogP) is 1.69. The third-order valence-corrected chi connectivity index (χ3v) is 5.51. The molecule has 0 unspecified atom stereocenters. The van der Waals surface area contributed by atoms with Crippen LogP contribution in [0.15, 0.2) is 47.1 Å². The van der Waals surface area contributed by atoms with Crippen LogP contribution in [0.2, 0.25) is 0 Å². The molecule has 0 aliphatic rings. The fraction of sp³-hybridized carbons (Fsp3) is 0.409. The second-order valence-corrected chi connectivity index (χ2v) is 8.44. The van der Waals surface area contributed by atoms with Gasteiger partial charge in [-0.05, 0) is 24.6 Å². The molecule has 0 atom stereocenters. The van der Waals surface area contributed by atoms with Crippen LogP contribution in [-0.2, 0) is 17.8 Å². The van der Waals surface area contributed by atoms with Crippen molar-refractivity contribution in [1.82, 2.24) is 14.7 Å². The molecule has 8 heteroatoms. The molecule has 7 nitrogen and oxygen atoms in total. The van der Waals surface area contributed by atoms with E-state index in [1.807, 2.05) is 12.1 Å². The number of hydrogen-bond donors (Lipinski definition) is 2. The molecule has 2 heterocycles. The lowest BCUT2D eigenvalue weighted by Gasteiger charge is -2.20. The molecule has 3 aromatic rings. The van der Waals surface area contributed by atoms with Crippen molar-refractivity contribution in [2.24, 2.45) is 0 Å². The van der Waals surface area contributed by atoms with Crippen molar-refractivity contribution in [2.75, 3.05) is 38.6 Å². The zero-order valence-corrected chi connectivity index (χ0v) is 18.7. The molecule has 160 valence electrons. The van der Waals surface area contributed by atoms with Crippen LogP contribution in [0, 0.1) is 6.92 Å². The minimum Gasteiger partial charge on any atom is -0.467 e. The highest BCUT2D eigenvalue weighted by Crippen LogP contribution is 2.22. The van der Waals surface area contributed by atoms with Crippen molar-refractivity contribution in [1.29, 1.82) is 0 Å². The molecule has 0 bridgehead atoms. The lowest BCUT2D eigenvalue weighted by molar-refractivity contribution is -0.856. The summed E-state index contributed by atoms with van der Waals surface area (Å²) in [5, 5.41) is 3.78. The van der Waals surface area contributed by atoms with Gasteiger partial charge in [0.2, 0.25) is 11.0 Å². The van der Waals surface area contributed by atoms with Crippen LogP contribution in [0.3, 0.4) is 0 Å². The van der Waals surface area contributed by atoms with Crippen LogP contribution < -0.4 is 15.1 Å².